The van der Waals surface area contributed by atoms with Crippen molar-refractivity contribution in [3.05, 3.63) is 20.2 Å². The molecule has 0 aromatic rings. The summed E-state index contributed by atoms with van der Waals surface area (Å²) >= 11 is 0. The predicted molar refractivity (Wildman–Crippen MR) is 57.6 cm³/mol. The van der Waals surface area contributed by atoms with Crippen molar-refractivity contribution < 1.29 is 9.85 Å². The van der Waals surface area contributed by atoms with Gasteiger partial charge in [0.2, 0.25) is 11.1 Å². The lowest BCUT2D eigenvalue weighted by Gasteiger charge is -2.57. The zero-order valence-corrected chi connectivity index (χ0v) is 9.42. The molecule has 4 rings (SSSR count). The van der Waals surface area contributed by atoms with E-state index in [1.807, 2.05) is 0 Å². The third kappa shape index (κ3) is 1.25. The average molecular weight is 241 g/mol. The van der Waals surface area contributed by atoms with Gasteiger partial charge in [-0.15, -0.1) is 0 Å². The monoisotopic (exact) mass is 241 g/mol. The van der Waals surface area contributed by atoms with Crippen molar-refractivity contribution in [2.75, 3.05) is 0 Å². The van der Waals surface area contributed by atoms with Gasteiger partial charge in [-0.1, -0.05) is 0 Å². The zero-order valence-electron chi connectivity index (χ0n) is 9.42. The molecule has 4 bridgehead atoms. The minimum Gasteiger partial charge on any atom is -0.325 e. The molecular formula is C10H15N3O4. The minimum atomic E-state index is -1.14. The Bertz CT molecular complexity index is 394. The first-order valence-corrected chi connectivity index (χ1v) is 5.87. The normalized spacial score (nSPS) is 51.5. The van der Waals surface area contributed by atoms with Gasteiger partial charge >= 0.3 is 0 Å². The highest BCUT2D eigenvalue weighted by Crippen LogP contribution is 2.60. The lowest BCUT2D eigenvalue weighted by atomic mass is 9.47. The summed E-state index contributed by atoms with van der Waals surface area (Å²) in [5.41, 5.74) is 3.19. The molecule has 4 aliphatic rings. The van der Waals surface area contributed by atoms with Crippen molar-refractivity contribution in [3.8, 4) is 0 Å². The number of hydrogen-bond donors (Lipinski definition) is 1. The molecule has 4 fully saturated rings. The molecular weight excluding hydrogens is 226 g/mol. The first-order chi connectivity index (χ1) is 7.79. The Morgan fingerprint density at radius 3 is 1.76 bits per heavy atom. The summed E-state index contributed by atoms with van der Waals surface area (Å²) in [7, 11) is 0. The van der Waals surface area contributed by atoms with Crippen LogP contribution in [0, 0.1) is 26.1 Å². The number of rotatable bonds is 2. The van der Waals surface area contributed by atoms with E-state index < -0.39 is 16.6 Å². The van der Waals surface area contributed by atoms with E-state index >= 15 is 0 Å². The number of nitrogens with zero attached hydrogens (tertiary/aromatic N) is 2. The highest BCUT2D eigenvalue weighted by molar-refractivity contribution is 5.17. The van der Waals surface area contributed by atoms with Crippen molar-refractivity contribution >= 4 is 0 Å². The number of nitrogens with two attached hydrogens (primary N) is 1. The molecule has 4 saturated carbocycles. The van der Waals surface area contributed by atoms with Gasteiger partial charge in [0.05, 0.1) is 6.42 Å². The van der Waals surface area contributed by atoms with Gasteiger partial charge in [0, 0.05) is 41.1 Å². The maximum Gasteiger partial charge on any atom is 0.231 e. The fourth-order valence-electron chi connectivity index (χ4n) is 4.82. The van der Waals surface area contributed by atoms with Crippen LogP contribution < -0.4 is 5.73 Å². The van der Waals surface area contributed by atoms with E-state index in [4.69, 9.17) is 5.73 Å². The van der Waals surface area contributed by atoms with Crippen molar-refractivity contribution in [2.24, 2.45) is 11.7 Å². The van der Waals surface area contributed by atoms with E-state index in [1.54, 1.807) is 0 Å². The smallest absolute Gasteiger partial charge is 0.231 e. The first-order valence-electron chi connectivity index (χ1n) is 5.87. The SMILES string of the molecule is NC12CC3CC([N+](=O)[O-])(C1)CC([N+](=O)[O-])(C3)C2. The van der Waals surface area contributed by atoms with E-state index in [2.05, 4.69) is 0 Å². The topological polar surface area (TPSA) is 112 Å². The largest absolute Gasteiger partial charge is 0.325 e. The van der Waals surface area contributed by atoms with Crippen LogP contribution >= 0.6 is 0 Å². The van der Waals surface area contributed by atoms with Crippen LogP contribution in [0.2, 0.25) is 0 Å². The van der Waals surface area contributed by atoms with Crippen molar-refractivity contribution in [1.29, 1.82) is 0 Å². The summed E-state index contributed by atoms with van der Waals surface area (Å²) in [6.07, 6.45) is 2.31. The second kappa shape index (κ2) is 2.77. The molecule has 0 saturated heterocycles. The molecule has 0 spiro atoms. The summed E-state index contributed by atoms with van der Waals surface area (Å²) in [6, 6.07) is 0. The van der Waals surface area contributed by atoms with Crippen LogP contribution in [-0.2, 0) is 0 Å². The Hall–Kier alpha value is -1.24. The van der Waals surface area contributed by atoms with Crippen molar-refractivity contribution in [1.82, 2.24) is 0 Å². The Morgan fingerprint density at radius 2 is 1.41 bits per heavy atom. The highest BCUT2D eigenvalue weighted by Gasteiger charge is 2.73. The van der Waals surface area contributed by atoms with Gasteiger partial charge in [0.25, 0.3) is 0 Å². The lowest BCUT2D eigenvalue weighted by molar-refractivity contribution is -0.644. The summed E-state index contributed by atoms with van der Waals surface area (Å²) < 4.78 is 0. The Morgan fingerprint density at radius 1 is 0.941 bits per heavy atom. The highest BCUT2D eigenvalue weighted by atomic mass is 16.6. The van der Waals surface area contributed by atoms with Gasteiger partial charge in [-0.2, -0.15) is 0 Å². The van der Waals surface area contributed by atoms with Crippen LogP contribution in [0.15, 0.2) is 0 Å². The van der Waals surface area contributed by atoms with Crippen LogP contribution in [0.3, 0.4) is 0 Å². The molecule has 0 aromatic carbocycles. The lowest BCUT2D eigenvalue weighted by Crippen LogP contribution is -2.72. The van der Waals surface area contributed by atoms with E-state index in [1.165, 1.54) is 0 Å². The second-order valence-corrected chi connectivity index (χ2v) is 6.33. The summed E-state index contributed by atoms with van der Waals surface area (Å²) in [5.74, 6) is 0.0482. The molecule has 17 heavy (non-hydrogen) atoms. The van der Waals surface area contributed by atoms with Gasteiger partial charge in [-0.3, -0.25) is 20.2 Å². The second-order valence-electron chi connectivity index (χ2n) is 6.33. The first kappa shape index (κ1) is 10.9. The molecule has 7 nitrogen and oxygen atoms in total. The average Bonchev–Trinajstić information content (AvgIpc) is 2.12. The van der Waals surface area contributed by atoms with Crippen LogP contribution in [0.4, 0.5) is 0 Å². The standard InChI is InChI=1S/C10H15N3O4/c11-8-1-7-2-9(4-8,12(14)15)6-10(3-7,5-8)13(16)17/h7H,1-6,11H2. The third-order valence-electron chi connectivity index (χ3n) is 4.83. The predicted octanol–water partition coefficient (Wildman–Crippen LogP) is 0.712. The van der Waals surface area contributed by atoms with Crippen LogP contribution in [0.25, 0.3) is 0 Å². The molecule has 94 valence electrons. The molecule has 4 aliphatic carbocycles. The molecule has 0 radical (unpaired) electrons. The van der Waals surface area contributed by atoms with Crippen LogP contribution in [-0.4, -0.2) is 26.5 Å². The molecule has 0 amide bonds. The molecule has 0 aliphatic heterocycles. The minimum absolute atomic E-state index is 0.0482. The van der Waals surface area contributed by atoms with E-state index in [9.17, 15) is 20.2 Å². The van der Waals surface area contributed by atoms with E-state index in [0.717, 1.165) is 0 Å². The third-order valence-corrected chi connectivity index (χ3v) is 4.83. The van der Waals surface area contributed by atoms with Gasteiger partial charge in [0.1, 0.15) is 0 Å². The maximum atomic E-state index is 11.3. The molecule has 7 heteroatoms. The number of nitro groups is 2. The molecule has 2 unspecified atom stereocenters. The van der Waals surface area contributed by atoms with Gasteiger partial charge in [-0.05, 0) is 12.3 Å². The number of hydrogen-bond acceptors (Lipinski definition) is 5. The summed E-state index contributed by atoms with van der Waals surface area (Å²) in [5, 5.41) is 22.6. The Kier molecular flexibility index (Phi) is 1.77. The van der Waals surface area contributed by atoms with Crippen LogP contribution in [0.5, 0.6) is 0 Å². The fraction of sp³-hybridized carbons (Fsp3) is 1.00. The van der Waals surface area contributed by atoms with Gasteiger partial charge in [-0.25, -0.2) is 0 Å². The molecule has 0 heterocycles. The molecule has 0 aromatic heterocycles. The van der Waals surface area contributed by atoms with Crippen molar-refractivity contribution in [2.45, 2.75) is 55.1 Å². The molecule has 2 atom stereocenters. The van der Waals surface area contributed by atoms with E-state index in [-0.39, 0.29) is 22.2 Å². The van der Waals surface area contributed by atoms with Gasteiger partial charge in [0.15, 0.2) is 0 Å². The maximum absolute atomic E-state index is 11.3. The molecule has 2 N–H and O–H groups in total. The summed E-state index contributed by atoms with van der Waals surface area (Å²) in [4.78, 5) is 22.0. The van der Waals surface area contributed by atoms with Gasteiger partial charge < -0.3 is 5.73 Å². The van der Waals surface area contributed by atoms with Crippen LogP contribution in [0.1, 0.15) is 38.5 Å². The summed E-state index contributed by atoms with van der Waals surface area (Å²) in [6.45, 7) is 0. The van der Waals surface area contributed by atoms with E-state index in [0.29, 0.717) is 32.1 Å². The fourth-order valence-corrected chi connectivity index (χ4v) is 4.82. The Labute approximate surface area is 97.7 Å². The van der Waals surface area contributed by atoms with Crippen molar-refractivity contribution in [3.63, 3.8) is 0 Å². The quantitative estimate of drug-likeness (QED) is 0.565. The zero-order chi connectivity index (χ0) is 12.5. The Balaban J connectivity index is 2.09.